The number of carbonyl (C=O) groups is 2. The zero-order valence-corrected chi connectivity index (χ0v) is 18.5. The van der Waals surface area contributed by atoms with Crippen molar-refractivity contribution in [1.82, 2.24) is 4.90 Å². The Hall–Kier alpha value is -0.170. The lowest BCUT2D eigenvalue weighted by atomic mass is 10.3. The molecule has 0 N–H and O–H groups in total. The zero-order chi connectivity index (χ0) is 19.0. The van der Waals surface area contributed by atoms with Gasteiger partial charge in [-0.15, -0.1) is 0 Å². The van der Waals surface area contributed by atoms with Gasteiger partial charge in [-0.1, -0.05) is 73.9 Å². The summed E-state index contributed by atoms with van der Waals surface area (Å²) in [6.45, 7) is 12.0. The molecule has 24 heavy (non-hydrogen) atoms. The number of nitrogens with zero attached hydrogens (tertiary/aromatic N) is 2. The lowest BCUT2D eigenvalue weighted by Gasteiger charge is -2.27. The van der Waals surface area contributed by atoms with Crippen molar-refractivity contribution in [2.45, 2.75) is 57.1 Å². The van der Waals surface area contributed by atoms with Gasteiger partial charge in [0.25, 0.3) is 5.24 Å². The number of hydrogen-bond acceptors (Lipinski definition) is 8. The van der Waals surface area contributed by atoms with Crippen molar-refractivity contribution in [3.8, 4) is 6.07 Å². The van der Waals surface area contributed by atoms with E-state index in [-0.39, 0.29) is 21.3 Å². The third-order valence-electron chi connectivity index (χ3n) is 2.20. The molecule has 1 atom stereocenters. The van der Waals surface area contributed by atoms with Gasteiger partial charge in [0.2, 0.25) is 0 Å². The largest absolute Gasteiger partial charge is 0.449 e. The maximum Gasteiger partial charge on any atom is 0.330 e. The SMILES string of the molecule is CN(C(=O)SSC(C)(C)C)C(CSSC(C)(C)C)C(=O)OCC#N. The van der Waals surface area contributed by atoms with Crippen LogP contribution in [0, 0.1) is 11.3 Å². The lowest BCUT2D eigenvalue weighted by Crippen LogP contribution is -2.43. The fraction of sp³-hybridized carbons (Fsp3) is 0.800. The van der Waals surface area contributed by atoms with Gasteiger partial charge in [-0.2, -0.15) is 5.26 Å². The van der Waals surface area contributed by atoms with Crippen LogP contribution in [0.1, 0.15) is 41.5 Å². The maximum absolute atomic E-state index is 12.3. The molecule has 9 heteroatoms. The second-order valence-corrected chi connectivity index (χ2v) is 13.0. The van der Waals surface area contributed by atoms with E-state index < -0.39 is 12.0 Å². The minimum Gasteiger partial charge on any atom is -0.449 e. The highest BCUT2D eigenvalue weighted by Crippen LogP contribution is 2.38. The van der Waals surface area contributed by atoms with Crippen LogP contribution in [-0.2, 0) is 9.53 Å². The molecule has 0 aromatic rings. The van der Waals surface area contributed by atoms with Crippen LogP contribution in [0.25, 0.3) is 0 Å². The van der Waals surface area contributed by atoms with Crippen molar-refractivity contribution in [1.29, 1.82) is 5.26 Å². The molecule has 0 fully saturated rings. The van der Waals surface area contributed by atoms with Gasteiger partial charge in [-0.25, -0.2) is 4.79 Å². The van der Waals surface area contributed by atoms with Gasteiger partial charge in [0.05, 0.1) is 0 Å². The quantitative estimate of drug-likeness (QED) is 0.436. The number of esters is 1. The smallest absolute Gasteiger partial charge is 0.330 e. The zero-order valence-electron chi connectivity index (χ0n) is 15.2. The van der Waals surface area contributed by atoms with E-state index in [9.17, 15) is 9.59 Å². The number of hydrogen-bond donors (Lipinski definition) is 0. The van der Waals surface area contributed by atoms with Crippen LogP contribution in [0.5, 0.6) is 0 Å². The summed E-state index contributed by atoms with van der Waals surface area (Å²) in [6, 6.07) is 1.07. The molecule has 0 heterocycles. The molecule has 5 nitrogen and oxygen atoms in total. The van der Waals surface area contributed by atoms with E-state index in [1.54, 1.807) is 23.9 Å². The number of ether oxygens (including phenoxy) is 1. The molecule has 0 bridgehead atoms. The number of amides is 1. The minimum atomic E-state index is -0.709. The van der Waals surface area contributed by atoms with Crippen LogP contribution >= 0.6 is 43.2 Å². The van der Waals surface area contributed by atoms with Crippen LogP contribution < -0.4 is 0 Å². The molecule has 138 valence electrons. The molecule has 0 spiro atoms. The summed E-state index contributed by atoms with van der Waals surface area (Å²) in [5, 5.41) is 8.38. The Morgan fingerprint density at radius 1 is 1.12 bits per heavy atom. The molecule has 0 rings (SSSR count). The fourth-order valence-corrected chi connectivity index (χ4v) is 5.60. The van der Waals surface area contributed by atoms with Gasteiger partial charge in [0.15, 0.2) is 6.61 Å². The predicted octanol–water partition coefficient (Wildman–Crippen LogP) is 4.83. The highest BCUT2D eigenvalue weighted by Gasteiger charge is 2.30. The number of rotatable bonds is 7. The van der Waals surface area contributed by atoms with Crippen LogP contribution in [0.15, 0.2) is 0 Å². The average Bonchev–Trinajstić information content (AvgIpc) is 2.44. The first kappa shape index (κ1) is 23.8. The Labute approximate surface area is 161 Å². The summed E-state index contributed by atoms with van der Waals surface area (Å²) in [4.78, 5) is 25.9. The van der Waals surface area contributed by atoms with E-state index in [1.807, 2.05) is 20.8 Å². The van der Waals surface area contributed by atoms with E-state index >= 15 is 0 Å². The first-order chi connectivity index (χ1) is 10.9. The number of nitriles is 1. The summed E-state index contributed by atoms with van der Waals surface area (Å²) in [5.41, 5.74) is 0. The summed E-state index contributed by atoms with van der Waals surface area (Å²) in [5.74, 6) is -0.134. The molecule has 0 radical (unpaired) electrons. The van der Waals surface area contributed by atoms with E-state index in [0.717, 1.165) is 10.8 Å². The monoisotopic (exact) mass is 410 g/mol. The third kappa shape index (κ3) is 11.4. The standard InChI is InChI=1S/C15H26N2O3S4/c1-14(2,3)23-21-10-11(12(18)20-9-8-16)17(7)13(19)22-24-15(4,5)6/h11H,9-10H2,1-7H3. The topological polar surface area (TPSA) is 70.4 Å². The van der Waals surface area contributed by atoms with Crippen LogP contribution in [0.3, 0.4) is 0 Å². The van der Waals surface area contributed by atoms with Crippen molar-refractivity contribution in [2.75, 3.05) is 19.4 Å². The molecule has 0 aliphatic rings. The highest BCUT2D eigenvalue weighted by molar-refractivity contribution is 8.82. The molecule has 1 unspecified atom stereocenters. The Morgan fingerprint density at radius 3 is 2.12 bits per heavy atom. The maximum atomic E-state index is 12.3. The van der Waals surface area contributed by atoms with E-state index in [0.29, 0.717) is 5.75 Å². The van der Waals surface area contributed by atoms with Gasteiger partial charge < -0.3 is 9.64 Å². The summed E-state index contributed by atoms with van der Waals surface area (Å²) in [6.07, 6.45) is 0. The molecular formula is C15H26N2O3S4. The van der Waals surface area contributed by atoms with Gasteiger partial charge in [0, 0.05) is 33.1 Å². The van der Waals surface area contributed by atoms with Gasteiger partial charge >= 0.3 is 5.97 Å². The van der Waals surface area contributed by atoms with Gasteiger partial charge in [-0.3, -0.25) is 4.79 Å². The highest BCUT2D eigenvalue weighted by atomic mass is 33.1. The Bertz CT molecular complexity index is 467. The molecule has 0 aromatic carbocycles. The van der Waals surface area contributed by atoms with Gasteiger partial charge in [0.1, 0.15) is 12.1 Å². The summed E-state index contributed by atoms with van der Waals surface area (Å²) in [7, 11) is 7.33. The first-order valence-electron chi connectivity index (χ1n) is 7.34. The minimum absolute atomic E-state index is 0.0468. The molecule has 0 aliphatic carbocycles. The van der Waals surface area contributed by atoms with Crippen molar-refractivity contribution >= 4 is 54.4 Å². The van der Waals surface area contributed by atoms with Crippen molar-refractivity contribution in [3.05, 3.63) is 0 Å². The normalized spacial score (nSPS) is 13.1. The van der Waals surface area contributed by atoms with Crippen molar-refractivity contribution in [3.63, 3.8) is 0 Å². The molecule has 0 aliphatic heterocycles. The van der Waals surface area contributed by atoms with E-state index in [1.165, 1.54) is 26.5 Å². The van der Waals surface area contributed by atoms with E-state index in [4.69, 9.17) is 10.00 Å². The second kappa shape index (κ2) is 10.7. The Balaban J connectivity index is 4.85. The Kier molecular flexibility index (Phi) is 10.7. The van der Waals surface area contributed by atoms with E-state index in [2.05, 4.69) is 20.8 Å². The average molecular weight is 411 g/mol. The summed E-state index contributed by atoms with van der Waals surface area (Å²) >= 11 is 0. The van der Waals surface area contributed by atoms with Crippen LogP contribution in [0.2, 0.25) is 0 Å². The van der Waals surface area contributed by atoms with Crippen molar-refractivity contribution < 1.29 is 14.3 Å². The number of carbonyl (C=O) groups excluding carboxylic acids is 2. The number of likely N-dealkylation sites (N-methyl/N-ethyl adjacent to an activating group) is 1. The van der Waals surface area contributed by atoms with Gasteiger partial charge in [-0.05, 0) is 0 Å². The third-order valence-corrected chi connectivity index (χ3v) is 8.73. The fourth-order valence-electron chi connectivity index (χ4n) is 1.16. The molecule has 0 saturated carbocycles. The molecular weight excluding hydrogens is 384 g/mol. The van der Waals surface area contributed by atoms with Crippen molar-refractivity contribution in [2.24, 2.45) is 0 Å². The van der Waals surface area contributed by atoms with Crippen LogP contribution in [-0.4, -0.2) is 51.1 Å². The molecule has 0 aromatic heterocycles. The lowest BCUT2D eigenvalue weighted by molar-refractivity contribution is -0.146. The van der Waals surface area contributed by atoms with Crippen LogP contribution in [0.4, 0.5) is 4.79 Å². The molecule has 0 saturated heterocycles. The molecule has 1 amide bonds. The second-order valence-electron chi connectivity index (χ2n) is 6.92. The predicted molar refractivity (Wildman–Crippen MR) is 108 cm³/mol. The first-order valence-corrected chi connectivity index (χ1v) is 11.8. The summed E-state index contributed by atoms with van der Waals surface area (Å²) < 4.78 is 4.91. The Morgan fingerprint density at radius 2 is 1.67 bits per heavy atom.